The van der Waals surface area contributed by atoms with E-state index in [0.29, 0.717) is 30.9 Å². The smallest absolute Gasteiger partial charge is 0.312 e. The van der Waals surface area contributed by atoms with E-state index >= 15 is 0 Å². The van der Waals surface area contributed by atoms with Gasteiger partial charge >= 0.3 is 5.97 Å². The fraction of sp³-hybridized carbons (Fsp3) is 0.667. The van der Waals surface area contributed by atoms with Crippen LogP contribution in [-0.4, -0.2) is 40.6 Å². The molecule has 1 fully saturated rings. The van der Waals surface area contributed by atoms with Crippen LogP contribution in [0.3, 0.4) is 0 Å². The molecule has 2 unspecified atom stereocenters. The number of fused-ring (bicyclic) bond motifs is 1. The predicted octanol–water partition coefficient (Wildman–Crippen LogP) is 1.40. The number of halogens is 1. The normalized spacial score (nSPS) is 28.2. The molecule has 3 heterocycles. The van der Waals surface area contributed by atoms with Gasteiger partial charge in [-0.05, 0) is 19.3 Å². The molecule has 0 amide bonds. The average molecular weight is 319 g/mol. The Balaban J connectivity index is 2.03. The number of carbonyl (C=O) groups is 1. The lowest BCUT2D eigenvalue weighted by atomic mass is 9.96. The summed E-state index contributed by atoms with van der Waals surface area (Å²) in [6.45, 7) is 0.657. The van der Waals surface area contributed by atoms with E-state index in [2.05, 4.69) is 4.98 Å². The summed E-state index contributed by atoms with van der Waals surface area (Å²) in [5.41, 5.74) is 0.532. The van der Waals surface area contributed by atoms with Crippen molar-refractivity contribution in [2.45, 2.75) is 37.6 Å². The van der Waals surface area contributed by atoms with Crippen molar-refractivity contribution in [3.8, 4) is 0 Å². The van der Waals surface area contributed by atoms with E-state index in [1.54, 1.807) is 0 Å². The van der Waals surface area contributed by atoms with Crippen LogP contribution in [0.25, 0.3) is 0 Å². The van der Waals surface area contributed by atoms with Crippen LogP contribution < -0.4 is 0 Å². The number of aliphatic carboxylic acids is 1. The first-order valence-corrected chi connectivity index (χ1v) is 8.78. The van der Waals surface area contributed by atoms with Crippen LogP contribution in [0.2, 0.25) is 5.15 Å². The van der Waals surface area contributed by atoms with Gasteiger partial charge in [0, 0.05) is 12.5 Å². The van der Waals surface area contributed by atoms with Gasteiger partial charge in [0.1, 0.15) is 11.7 Å². The zero-order valence-electron chi connectivity index (χ0n) is 10.7. The maximum atomic E-state index is 11.6. The second kappa shape index (κ2) is 4.73. The zero-order valence-corrected chi connectivity index (χ0v) is 12.3. The minimum Gasteiger partial charge on any atom is -0.481 e. The van der Waals surface area contributed by atoms with E-state index in [0.717, 1.165) is 6.42 Å². The standard InChI is InChI=1S/C12H15ClN2O4S/c13-10-9-8(12(16)17)2-1-4-15(9)11(14-10)7-3-5-20(18,19)6-7/h7-8H,1-6H2,(H,16,17). The maximum absolute atomic E-state index is 11.6. The number of imidazole rings is 1. The fourth-order valence-corrected chi connectivity index (χ4v) is 5.22. The number of hydrogen-bond donors (Lipinski definition) is 1. The first-order chi connectivity index (χ1) is 9.39. The van der Waals surface area contributed by atoms with E-state index in [9.17, 15) is 18.3 Å². The van der Waals surface area contributed by atoms with Crippen molar-refractivity contribution in [3.05, 3.63) is 16.7 Å². The molecule has 2 aliphatic rings. The number of sulfone groups is 1. The van der Waals surface area contributed by atoms with Gasteiger partial charge in [0.05, 0.1) is 17.2 Å². The van der Waals surface area contributed by atoms with Crippen molar-refractivity contribution >= 4 is 27.4 Å². The van der Waals surface area contributed by atoms with Crippen LogP contribution in [0.4, 0.5) is 0 Å². The van der Waals surface area contributed by atoms with E-state index in [1.165, 1.54) is 0 Å². The summed E-state index contributed by atoms with van der Waals surface area (Å²) in [6.07, 6.45) is 1.82. The van der Waals surface area contributed by atoms with Gasteiger partial charge in [-0.2, -0.15) is 0 Å². The quantitative estimate of drug-likeness (QED) is 0.890. The molecule has 3 rings (SSSR count). The van der Waals surface area contributed by atoms with Crippen molar-refractivity contribution < 1.29 is 18.3 Å². The Labute approximate surface area is 121 Å². The molecule has 1 aromatic rings. The van der Waals surface area contributed by atoms with Gasteiger partial charge in [-0.15, -0.1) is 0 Å². The second-order valence-corrected chi connectivity index (χ2v) is 8.02. The number of carboxylic acids is 1. The molecule has 110 valence electrons. The monoisotopic (exact) mass is 318 g/mol. The SMILES string of the molecule is O=C(O)C1CCCn2c(C3CCS(=O)(=O)C3)nc(Cl)c21. The molecule has 0 aliphatic carbocycles. The summed E-state index contributed by atoms with van der Waals surface area (Å²) in [4.78, 5) is 15.6. The predicted molar refractivity (Wildman–Crippen MR) is 72.9 cm³/mol. The third-order valence-corrected chi connectivity index (χ3v) is 6.14. The Kier molecular flexibility index (Phi) is 3.29. The third-order valence-electron chi connectivity index (χ3n) is 4.09. The van der Waals surface area contributed by atoms with E-state index in [1.807, 2.05) is 4.57 Å². The molecular formula is C12H15ClN2O4S. The highest BCUT2D eigenvalue weighted by Crippen LogP contribution is 2.38. The van der Waals surface area contributed by atoms with Crippen molar-refractivity contribution in [1.29, 1.82) is 0 Å². The lowest BCUT2D eigenvalue weighted by molar-refractivity contribution is -0.139. The lowest BCUT2D eigenvalue weighted by Gasteiger charge is -2.23. The van der Waals surface area contributed by atoms with Gasteiger partial charge in [0.2, 0.25) is 0 Å². The van der Waals surface area contributed by atoms with Crippen LogP contribution in [0.5, 0.6) is 0 Å². The van der Waals surface area contributed by atoms with Gasteiger partial charge in [-0.3, -0.25) is 4.79 Å². The second-order valence-electron chi connectivity index (χ2n) is 5.43. The Bertz CT molecular complexity index is 667. The Morgan fingerprint density at radius 1 is 1.40 bits per heavy atom. The zero-order chi connectivity index (χ0) is 14.5. The topological polar surface area (TPSA) is 89.3 Å². The minimum absolute atomic E-state index is 0.0809. The van der Waals surface area contributed by atoms with Crippen LogP contribution in [0.15, 0.2) is 0 Å². The molecule has 0 saturated carbocycles. The molecule has 2 atom stereocenters. The van der Waals surface area contributed by atoms with Crippen molar-refractivity contribution in [2.75, 3.05) is 11.5 Å². The maximum Gasteiger partial charge on any atom is 0.312 e. The number of hydrogen-bond acceptors (Lipinski definition) is 4. The number of rotatable bonds is 2. The molecule has 20 heavy (non-hydrogen) atoms. The molecule has 1 N–H and O–H groups in total. The summed E-state index contributed by atoms with van der Waals surface area (Å²) in [6, 6.07) is 0. The van der Waals surface area contributed by atoms with Crippen molar-refractivity contribution in [2.24, 2.45) is 0 Å². The van der Waals surface area contributed by atoms with Crippen LogP contribution in [0.1, 0.15) is 42.6 Å². The highest BCUT2D eigenvalue weighted by Gasteiger charge is 2.37. The highest BCUT2D eigenvalue weighted by atomic mass is 35.5. The third kappa shape index (κ3) is 2.22. The molecule has 1 saturated heterocycles. The van der Waals surface area contributed by atoms with Gasteiger partial charge in [-0.25, -0.2) is 13.4 Å². The largest absolute Gasteiger partial charge is 0.481 e. The van der Waals surface area contributed by atoms with Crippen LogP contribution >= 0.6 is 11.6 Å². The first-order valence-electron chi connectivity index (χ1n) is 6.58. The van der Waals surface area contributed by atoms with Crippen LogP contribution in [0, 0.1) is 0 Å². The molecule has 1 aromatic heterocycles. The number of nitrogens with zero attached hydrogens (tertiary/aromatic N) is 2. The van der Waals surface area contributed by atoms with Crippen LogP contribution in [-0.2, 0) is 21.2 Å². The molecule has 2 aliphatic heterocycles. The van der Waals surface area contributed by atoms with E-state index < -0.39 is 21.7 Å². The van der Waals surface area contributed by atoms with Gasteiger partial charge in [0.25, 0.3) is 0 Å². The number of carboxylic acid groups (broad SMARTS) is 1. The molecule has 0 radical (unpaired) electrons. The molecule has 8 heteroatoms. The lowest BCUT2D eigenvalue weighted by Crippen LogP contribution is -2.23. The van der Waals surface area contributed by atoms with Gasteiger partial charge in [-0.1, -0.05) is 11.6 Å². The summed E-state index contributed by atoms with van der Waals surface area (Å²) in [5, 5.41) is 9.48. The minimum atomic E-state index is -3.00. The van der Waals surface area contributed by atoms with E-state index in [-0.39, 0.29) is 22.6 Å². The molecule has 0 aromatic carbocycles. The Morgan fingerprint density at radius 3 is 2.75 bits per heavy atom. The van der Waals surface area contributed by atoms with Crippen molar-refractivity contribution in [1.82, 2.24) is 9.55 Å². The molecular weight excluding hydrogens is 304 g/mol. The van der Waals surface area contributed by atoms with E-state index in [4.69, 9.17) is 11.6 Å². The summed E-state index contributed by atoms with van der Waals surface area (Å²) < 4.78 is 25.0. The summed E-state index contributed by atoms with van der Waals surface area (Å²) in [5.74, 6) is -0.832. The summed E-state index contributed by atoms with van der Waals surface area (Å²) >= 11 is 6.11. The number of aromatic nitrogens is 2. The molecule has 0 spiro atoms. The Morgan fingerprint density at radius 2 is 2.15 bits per heavy atom. The first kappa shape index (κ1) is 13.9. The highest BCUT2D eigenvalue weighted by molar-refractivity contribution is 7.91. The molecule has 0 bridgehead atoms. The fourth-order valence-electron chi connectivity index (χ4n) is 3.16. The Hall–Kier alpha value is -1.08. The van der Waals surface area contributed by atoms with Gasteiger partial charge in [0.15, 0.2) is 15.0 Å². The van der Waals surface area contributed by atoms with Gasteiger partial charge < -0.3 is 9.67 Å². The average Bonchev–Trinajstić information content (AvgIpc) is 2.90. The molecule has 6 nitrogen and oxygen atoms in total. The van der Waals surface area contributed by atoms with Crippen molar-refractivity contribution in [3.63, 3.8) is 0 Å². The summed E-state index contributed by atoms with van der Waals surface area (Å²) in [7, 11) is -3.00.